The summed E-state index contributed by atoms with van der Waals surface area (Å²) in [5.41, 5.74) is 4.72. The van der Waals surface area contributed by atoms with Gasteiger partial charge in [0.2, 0.25) is 0 Å². The number of aliphatic hydroxyl groups excluding tert-OH is 1. The van der Waals surface area contributed by atoms with E-state index in [1.807, 2.05) is 0 Å². The predicted octanol–water partition coefficient (Wildman–Crippen LogP) is -6.55. The van der Waals surface area contributed by atoms with E-state index < -0.39 is 27.8 Å². The van der Waals surface area contributed by atoms with Crippen molar-refractivity contribution in [2.75, 3.05) is 52.0 Å². The molecule has 0 radical (unpaired) electrons. The van der Waals surface area contributed by atoms with Gasteiger partial charge < -0.3 is 40.8 Å². The van der Waals surface area contributed by atoms with Crippen molar-refractivity contribution >= 4 is 15.2 Å². The third kappa shape index (κ3) is 26.0. The zero-order chi connectivity index (χ0) is 16.9. The van der Waals surface area contributed by atoms with Crippen molar-refractivity contribution in [1.29, 1.82) is 0 Å². The molecule has 0 aliphatic carbocycles. The molecule has 0 spiro atoms. The maximum Gasteiger partial charge on any atom is 1.00 e. The molecule has 0 unspecified atom stereocenters. The smallest absolute Gasteiger partial charge is 0.854 e. The number of aliphatic hydroxyl groups is 1. The van der Waals surface area contributed by atoms with Crippen LogP contribution in [0.4, 0.5) is 0 Å². The van der Waals surface area contributed by atoms with Crippen LogP contribution in [0.5, 0.6) is 0 Å². The van der Waals surface area contributed by atoms with E-state index in [1.54, 1.807) is 0 Å². The van der Waals surface area contributed by atoms with Gasteiger partial charge in [-0.15, -0.1) is 6.61 Å². The molecule has 11 nitrogen and oxygen atoms in total. The number of hydrogen-bond donors (Lipinski definition) is 7. The number of nitrogens with zero attached hydrogens (tertiary/aromatic N) is 1. The zero-order valence-electron chi connectivity index (χ0n) is 12.5. The second-order valence-electron chi connectivity index (χ2n) is 3.96. The van der Waals surface area contributed by atoms with Crippen LogP contribution < -0.4 is 45.7 Å². The Balaban J connectivity index is -0.000000640. The van der Waals surface area contributed by atoms with Gasteiger partial charge in [0.05, 0.1) is 12.9 Å². The summed E-state index contributed by atoms with van der Waals surface area (Å²) in [6, 6.07) is 0. The standard InChI is InChI=1S/C6H18N2O7P2.C2H6NO.Na/c9-4-3-8(6-17(13,14)15)2-1-7-5-16(10,11)12;3-1-2-4;/h7,9H,1-6H2,(H2,10,11,12)(H2,13,14,15);1-3H2;/q;-1;+1. The molecule has 0 bridgehead atoms. The van der Waals surface area contributed by atoms with E-state index in [4.69, 9.17) is 30.4 Å². The molecular weight excluding hydrogens is 351 g/mol. The van der Waals surface area contributed by atoms with Crippen molar-refractivity contribution < 1.29 is 68.5 Å². The number of nitrogens with one attached hydrogen (secondary N) is 1. The zero-order valence-corrected chi connectivity index (χ0v) is 16.3. The SMILES string of the molecule is NCC[O-].O=P(O)(O)CNCCN(CCO)CP(=O)(O)O.[Na+]. The summed E-state index contributed by atoms with van der Waals surface area (Å²) in [6.45, 7) is 0.276. The van der Waals surface area contributed by atoms with Gasteiger partial charge in [-0.05, 0) is 6.54 Å². The van der Waals surface area contributed by atoms with Crippen molar-refractivity contribution in [2.45, 2.75) is 0 Å². The molecule has 0 amide bonds. The number of hydrogen-bond acceptors (Lipinski definition) is 7. The predicted molar refractivity (Wildman–Crippen MR) is 74.4 cm³/mol. The molecule has 0 aromatic carbocycles. The van der Waals surface area contributed by atoms with Crippen molar-refractivity contribution in [2.24, 2.45) is 5.73 Å². The Morgan fingerprint density at radius 3 is 1.91 bits per heavy atom. The molecule has 0 atom stereocenters. The van der Waals surface area contributed by atoms with E-state index in [0.29, 0.717) is 0 Å². The molecule has 0 aliphatic heterocycles. The van der Waals surface area contributed by atoms with E-state index >= 15 is 0 Å². The van der Waals surface area contributed by atoms with Gasteiger partial charge in [0.25, 0.3) is 0 Å². The fourth-order valence-electron chi connectivity index (χ4n) is 1.12. The quantitative estimate of drug-likeness (QED) is 0.109. The molecule has 0 aliphatic rings. The molecule has 0 saturated carbocycles. The first-order valence-electron chi connectivity index (χ1n) is 5.97. The minimum absolute atomic E-state index is 0. The largest absolute Gasteiger partial charge is 1.00 e. The molecular formula is C8H24N3NaO8P2. The summed E-state index contributed by atoms with van der Waals surface area (Å²) >= 11 is 0. The van der Waals surface area contributed by atoms with E-state index in [2.05, 4.69) is 5.32 Å². The molecule has 22 heavy (non-hydrogen) atoms. The van der Waals surface area contributed by atoms with Crippen LogP contribution in [-0.4, -0.2) is 81.5 Å². The first kappa shape index (κ1) is 27.9. The summed E-state index contributed by atoms with van der Waals surface area (Å²) in [4.78, 5) is 35.9. The van der Waals surface area contributed by atoms with Gasteiger partial charge in [0.1, 0.15) is 6.29 Å². The number of nitrogens with two attached hydrogens (primary N) is 1. The topological polar surface area (TPSA) is 200 Å². The fraction of sp³-hybridized carbons (Fsp3) is 1.00. The molecule has 8 N–H and O–H groups in total. The van der Waals surface area contributed by atoms with Crippen LogP contribution in [0.25, 0.3) is 0 Å². The molecule has 0 rings (SSSR count). The summed E-state index contributed by atoms with van der Waals surface area (Å²) in [7, 11) is -8.31. The molecule has 0 fully saturated rings. The Bertz CT molecular complexity index is 337. The molecule has 0 heterocycles. The summed E-state index contributed by atoms with van der Waals surface area (Å²) in [5, 5.41) is 20.3. The fourth-order valence-corrected chi connectivity index (χ4v) is 2.37. The van der Waals surface area contributed by atoms with Crippen LogP contribution in [0.1, 0.15) is 0 Å². The van der Waals surface area contributed by atoms with E-state index in [0.717, 1.165) is 0 Å². The number of rotatable bonds is 10. The van der Waals surface area contributed by atoms with Crippen LogP contribution in [0.3, 0.4) is 0 Å². The summed E-state index contributed by atoms with van der Waals surface area (Å²) in [6.07, 6.45) is -0.985. The van der Waals surface area contributed by atoms with Crippen LogP contribution in [0.15, 0.2) is 0 Å². The second-order valence-corrected chi connectivity index (χ2v) is 7.22. The first-order chi connectivity index (χ1) is 9.55. The average molecular weight is 375 g/mol. The second kappa shape index (κ2) is 15.6. The Kier molecular flexibility index (Phi) is 19.8. The van der Waals surface area contributed by atoms with E-state index in [1.165, 1.54) is 4.90 Å². The van der Waals surface area contributed by atoms with Gasteiger partial charge in [-0.2, -0.15) is 0 Å². The van der Waals surface area contributed by atoms with Gasteiger partial charge >= 0.3 is 44.7 Å². The molecule has 14 heteroatoms. The van der Waals surface area contributed by atoms with Crippen LogP contribution in [0, 0.1) is 0 Å². The molecule has 130 valence electrons. The maximum absolute atomic E-state index is 10.7. The van der Waals surface area contributed by atoms with Gasteiger partial charge in [-0.25, -0.2) is 0 Å². The Morgan fingerprint density at radius 2 is 1.59 bits per heavy atom. The van der Waals surface area contributed by atoms with Gasteiger partial charge in [-0.3, -0.25) is 14.0 Å². The van der Waals surface area contributed by atoms with Crippen molar-refractivity contribution in [3.8, 4) is 0 Å². The summed E-state index contributed by atoms with van der Waals surface area (Å²) in [5.74, 6) is 0. The van der Waals surface area contributed by atoms with Crippen molar-refractivity contribution in [3.63, 3.8) is 0 Å². The van der Waals surface area contributed by atoms with E-state index in [9.17, 15) is 14.2 Å². The molecule has 0 saturated heterocycles. The van der Waals surface area contributed by atoms with Crippen LogP contribution in [0.2, 0.25) is 0 Å². The van der Waals surface area contributed by atoms with Gasteiger partial charge in [0.15, 0.2) is 0 Å². The minimum Gasteiger partial charge on any atom is -0.854 e. The minimum atomic E-state index is -4.20. The average Bonchev–Trinajstić information content (AvgIpc) is 2.32. The van der Waals surface area contributed by atoms with Crippen molar-refractivity contribution in [3.05, 3.63) is 0 Å². The van der Waals surface area contributed by atoms with Crippen molar-refractivity contribution in [1.82, 2.24) is 10.2 Å². The third-order valence-corrected chi connectivity index (χ3v) is 3.24. The van der Waals surface area contributed by atoms with Gasteiger partial charge in [0, 0.05) is 19.6 Å². The van der Waals surface area contributed by atoms with Crippen LogP contribution >= 0.6 is 15.2 Å². The van der Waals surface area contributed by atoms with E-state index in [-0.39, 0.29) is 69.0 Å². The molecule has 0 aromatic rings. The van der Waals surface area contributed by atoms with Crippen LogP contribution in [-0.2, 0) is 9.13 Å². The Morgan fingerprint density at radius 1 is 1.09 bits per heavy atom. The maximum atomic E-state index is 10.7. The van der Waals surface area contributed by atoms with Gasteiger partial charge in [-0.1, -0.05) is 0 Å². The first-order valence-corrected chi connectivity index (χ1v) is 9.56. The Labute approximate surface area is 151 Å². The Hall–Kier alpha value is 1.10. The third-order valence-electron chi connectivity index (χ3n) is 1.84. The normalized spacial score (nSPS) is 11.6. The monoisotopic (exact) mass is 375 g/mol. The molecule has 0 aromatic heterocycles. The summed E-state index contributed by atoms with van der Waals surface area (Å²) < 4.78 is 21.2.